The highest BCUT2D eigenvalue weighted by Crippen LogP contribution is 2.49. The van der Waals surface area contributed by atoms with E-state index in [9.17, 15) is 0 Å². The van der Waals surface area contributed by atoms with Gasteiger partial charge in [0.15, 0.2) is 11.5 Å². The van der Waals surface area contributed by atoms with Crippen molar-refractivity contribution in [3.63, 3.8) is 0 Å². The molecule has 0 saturated heterocycles. The molecule has 0 bridgehead atoms. The summed E-state index contributed by atoms with van der Waals surface area (Å²) in [5.74, 6) is 1.74. The minimum atomic E-state index is 0.607. The van der Waals surface area contributed by atoms with Gasteiger partial charge in [-0.15, -0.1) is 22.7 Å². The number of aromatic nitrogens is 2. The van der Waals surface area contributed by atoms with Crippen LogP contribution in [0.25, 0.3) is 20.8 Å². The van der Waals surface area contributed by atoms with Crippen molar-refractivity contribution in [1.29, 1.82) is 0 Å². The molecule has 1 aliphatic heterocycles. The van der Waals surface area contributed by atoms with Gasteiger partial charge in [0.1, 0.15) is 24.2 Å². The van der Waals surface area contributed by atoms with Gasteiger partial charge in [-0.05, 0) is 25.7 Å². The minimum absolute atomic E-state index is 0.607. The highest BCUT2D eigenvalue weighted by molar-refractivity contribution is 7.22. The molecule has 1 aliphatic rings. The van der Waals surface area contributed by atoms with Gasteiger partial charge in [-0.25, -0.2) is 9.97 Å². The summed E-state index contributed by atoms with van der Waals surface area (Å²) in [5, 5.41) is 4.21. The molecule has 0 fully saturated rings. The molecule has 30 heavy (non-hydrogen) atoms. The molecule has 4 heterocycles. The smallest absolute Gasteiger partial charge is 0.180 e. The molecule has 0 amide bonds. The maximum absolute atomic E-state index is 5.93. The average molecular weight is 445 g/mol. The summed E-state index contributed by atoms with van der Waals surface area (Å²) in [6, 6.07) is 0. The maximum atomic E-state index is 5.93. The van der Waals surface area contributed by atoms with Gasteiger partial charge in [0, 0.05) is 10.8 Å². The first-order chi connectivity index (χ1) is 14.8. The van der Waals surface area contributed by atoms with E-state index < -0.39 is 0 Å². The Balaban J connectivity index is 1.64. The fourth-order valence-corrected chi connectivity index (χ4v) is 5.97. The van der Waals surface area contributed by atoms with Crippen molar-refractivity contribution in [2.24, 2.45) is 0 Å². The second kappa shape index (κ2) is 10.6. The molecule has 0 spiro atoms. The SMILES string of the molecule is CCCCCCc1nc2csc(-c3scc4c3OCCO4)c2nc1CCCCCC. The zero-order valence-electron chi connectivity index (χ0n) is 18.2. The molecule has 0 saturated carbocycles. The molecule has 0 radical (unpaired) electrons. The van der Waals surface area contributed by atoms with Crippen LogP contribution in [0.2, 0.25) is 0 Å². The number of nitrogens with zero attached hydrogens (tertiary/aromatic N) is 2. The molecule has 4 nitrogen and oxygen atoms in total. The average Bonchev–Trinajstić information content (AvgIpc) is 3.37. The summed E-state index contributed by atoms with van der Waals surface area (Å²) in [6.45, 7) is 5.75. The fraction of sp³-hybridized carbons (Fsp3) is 0.583. The van der Waals surface area contributed by atoms with Gasteiger partial charge in [-0.3, -0.25) is 0 Å². The van der Waals surface area contributed by atoms with Crippen LogP contribution in [0.15, 0.2) is 10.8 Å². The molecule has 0 aliphatic carbocycles. The van der Waals surface area contributed by atoms with Crippen molar-refractivity contribution in [2.75, 3.05) is 13.2 Å². The lowest BCUT2D eigenvalue weighted by atomic mass is 10.0. The van der Waals surface area contributed by atoms with Crippen LogP contribution in [0.4, 0.5) is 0 Å². The molecular formula is C24H32N2O2S2. The molecule has 0 unspecified atom stereocenters. The monoisotopic (exact) mass is 444 g/mol. The first-order valence-corrected chi connectivity index (χ1v) is 13.2. The standard InChI is InChI=1S/C24H32N2O2S2/c1-3-5-7-9-11-17-18(12-10-8-6-4-2)26-21-19(25-17)15-29-23(21)24-22-20(16-30-24)27-13-14-28-22/h15-16H,3-14H2,1-2H3. The van der Waals surface area contributed by atoms with E-state index in [4.69, 9.17) is 19.4 Å². The topological polar surface area (TPSA) is 44.2 Å². The summed E-state index contributed by atoms with van der Waals surface area (Å²) < 4.78 is 11.7. The van der Waals surface area contributed by atoms with E-state index in [0.29, 0.717) is 13.2 Å². The third-order valence-corrected chi connectivity index (χ3v) is 7.68. The molecular weight excluding hydrogens is 412 g/mol. The van der Waals surface area contributed by atoms with Crippen LogP contribution in [0, 0.1) is 0 Å². The Morgan fingerprint density at radius 2 is 1.43 bits per heavy atom. The summed E-state index contributed by atoms with van der Waals surface area (Å²) in [5.41, 5.74) is 4.47. The Bertz CT molecular complexity index is 964. The molecule has 3 aromatic rings. The van der Waals surface area contributed by atoms with Crippen LogP contribution >= 0.6 is 22.7 Å². The number of aryl methyl sites for hydroxylation is 2. The van der Waals surface area contributed by atoms with E-state index in [1.54, 1.807) is 22.7 Å². The summed E-state index contributed by atoms with van der Waals surface area (Å²) in [7, 11) is 0. The number of fused-ring (bicyclic) bond motifs is 2. The van der Waals surface area contributed by atoms with E-state index >= 15 is 0 Å². The number of unbranched alkanes of at least 4 members (excludes halogenated alkanes) is 6. The normalized spacial score (nSPS) is 13.3. The minimum Gasteiger partial charge on any atom is -0.485 e. The van der Waals surface area contributed by atoms with Crippen molar-refractivity contribution in [3.8, 4) is 21.3 Å². The lowest BCUT2D eigenvalue weighted by molar-refractivity contribution is 0.174. The van der Waals surface area contributed by atoms with Crippen LogP contribution in [0.1, 0.15) is 76.6 Å². The number of rotatable bonds is 11. The zero-order valence-corrected chi connectivity index (χ0v) is 19.8. The Hall–Kier alpha value is -1.66. The number of hydrogen-bond donors (Lipinski definition) is 0. The Labute approximate surface area is 187 Å². The fourth-order valence-electron chi connectivity index (χ4n) is 3.96. The van der Waals surface area contributed by atoms with Gasteiger partial charge in [-0.2, -0.15) is 0 Å². The van der Waals surface area contributed by atoms with E-state index in [2.05, 4.69) is 24.6 Å². The molecule has 3 aromatic heterocycles. The van der Waals surface area contributed by atoms with Crippen LogP contribution < -0.4 is 9.47 Å². The van der Waals surface area contributed by atoms with E-state index in [1.165, 1.54) is 67.6 Å². The van der Waals surface area contributed by atoms with Crippen molar-refractivity contribution in [2.45, 2.75) is 78.1 Å². The highest BCUT2D eigenvalue weighted by Gasteiger charge is 2.23. The second-order valence-corrected chi connectivity index (χ2v) is 9.75. The number of hydrogen-bond acceptors (Lipinski definition) is 6. The van der Waals surface area contributed by atoms with Crippen molar-refractivity contribution in [1.82, 2.24) is 9.97 Å². The second-order valence-electron chi connectivity index (χ2n) is 7.99. The van der Waals surface area contributed by atoms with E-state index in [0.717, 1.165) is 40.3 Å². The van der Waals surface area contributed by atoms with Crippen LogP contribution in [-0.4, -0.2) is 23.2 Å². The predicted octanol–water partition coefficient (Wildman–Crippen LogP) is 7.44. The van der Waals surface area contributed by atoms with Crippen molar-refractivity contribution in [3.05, 3.63) is 22.1 Å². The molecule has 0 aromatic carbocycles. The molecule has 6 heteroatoms. The highest BCUT2D eigenvalue weighted by atomic mass is 32.1. The summed E-state index contributed by atoms with van der Waals surface area (Å²) in [6.07, 6.45) is 12.1. The van der Waals surface area contributed by atoms with Crippen LogP contribution in [-0.2, 0) is 12.8 Å². The van der Waals surface area contributed by atoms with Gasteiger partial charge in [0.05, 0.1) is 21.1 Å². The quantitative estimate of drug-likeness (QED) is 0.288. The zero-order chi connectivity index (χ0) is 20.8. The largest absolute Gasteiger partial charge is 0.485 e. The first kappa shape index (κ1) is 21.6. The Morgan fingerprint density at radius 3 is 2.17 bits per heavy atom. The van der Waals surface area contributed by atoms with Gasteiger partial charge >= 0.3 is 0 Å². The predicted molar refractivity (Wildman–Crippen MR) is 127 cm³/mol. The number of ether oxygens (including phenoxy) is 2. The molecule has 162 valence electrons. The van der Waals surface area contributed by atoms with E-state index in [-0.39, 0.29) is 0 Å². The van der Waals surface area contributed by atoms with Gasteiger partial charge in [0.25, 0.3) is 0 Å². The lowest BCUT2D eigenvalue weighted by Gasteiger charge is -2.15. The van der Waals surface area contributed by atoms with Crippen molar-refractivity contribution < 1.29 is 9.47 Å². The molecule has 0 N–H and O–H groups in total. The molecule has 0 atom stereocenters. The first-order valence-electron chi connectivity index (χ1n) is 11.5. The third kappa shape index (κ3) is 4.80. The Kier molecular flexibility index (Phi) is 7.61. The third-order valence-electron chi connectivity index (χ3n) is 5.62. The number of thiophene rings is 2. The molecule has 4 rings (SSSR count). The lowest BCUT2D eigenvalue weighted by Crippen LogP contribution is -2.14. The van der Waals surface area contributed by atoms with Gasteiger partial charge in [-0.1, -0.05) is 52.4 Å². The van der Waals surface area contributed by atoms with Crippen LogP contribution in [0.3, 0.4) is 0 Å². The van der Waals surface area contributed by atoms with Gasteiger partial charge < -0.3 is 9.47 Å². The summed E-state index contributed by atoms with van der Waals surface area (Å²) >= 11 is 3.41. The Morgan fingerprint density at radius 1 is 0.767 bits per heavy atom. The summed E-state index contributed by atoms with van der Waals surface area (Å²) in [4.78, 5) is 12.6. The van der Waals surface area contributed by atoms with Crippen molar-refractivity contribution >= 4 is 33.7 Å². The maximum Gasteiger partial charge on any atom is 0.180 e. The van der Waals surface area contributed by atoms with Crippen LogP contribution in [0.5, 0.6) is 11.5 Å². The van der Waals surface area contributed by atoms with Gasteiger partial charge in [0.2, 0.25) is 0 Å². The van der Waals surface area contributed by atoms with E-state index in [1.807, 2.05) is 0 Å².